The third-order valence-electron chi connectivity index (χ3n) is 8.10. The summed E-state index contributed by atoms with van der Waals surface area (Å²) in [6, 6.07) is 2.38. The minimum atomic E-state index is -4.45. The van der Waals surface area contributed by atoms with Gasteiger partial charge in [0.15, 0.2) is 0 Å². The van der Waals surface area contributed by atoms with Crippen LogP contribution >= 0.6 is 0 Å². The molecule has 0 aromatic heterocycles. The number of aldehydes is 1. The van der Waals surface area contributed by atoms with Gasteiger partial charge in [0.25, 0.3) is 17.7 Å². The maximum atomic E-state index is 15.5. The lowest BCUT2D eigenvalue weighted by atomic mass is 9.60. The highest BCUT2D eigenvalue weighted by Gasteiger charge is 2.75. The molecule has 20 nitrogen and oxygen atoms in total. The summed E-state index contributed by atoms with van der Waals surface area (Å²) in [6.07, 6.45) is -0.229. The zero-order valence-corrected chi connectivity index (χ0v) is 25.7. The second-order valence-electron chi connectivity index (χ2n) is 11.7. The molecule has 2 heterocycles. The zero-order chi connectivity index (χ0) is 37.3. The highest BCUT2D eigenvalue weighted by molar-refractivity contribution is 6.40. The molecule has 2 aromatic rings. The predicted molar refractivity (Wildman–Crippen MR) is 155 cm³/mol. The number of carbonyl (C=O) groups excluding carboxylic acids is 3. The fourth-order valence-corrected chi connectivity index (χ4v) is 5.55. The summed E-state index contributed by atoms with van der Waals surface area (Å²) in [6.45, 7) is 0. The van der Waals surface area contributed by atoms with E-state index in [1.54, 1.807) is 0 Å². The van der Waals surface area contributed by atoms with Crippen LogP contribution in [0.25, 0.3) is 0 Å². The minimum Gasteiger partial charge on any atom is -0.435 e. The van der Waals surface area contributed by atoms with E-state index in [9.17, 15) is 75.7 Å². The molecule has 1 unspecified atom stereocenters. The lowest BCUT2D eigenvalue weighted by Crippen LogP contribution is -2.87. The second kappa shape index (κ2) is 12.0. The molecule has 1 fully saturated rings. The molecular weight excluding hydrogens is 667 g/mol. The monoisotopic (exact) mass is 699 g/mol. The molecule has 0 spiro atoms. The molecule has 1 atom stereocenters. The Balaban J connectivity index is 1.74. The number of benzene rings is 2. The summed E-state index contributed by atoms with van der Waals surface area (Å²) in [5.41, 5.74) is -3.81. The number of hydrogen-bond donors (Lipinski definition) is 13. The number of carbonyl (C=O) groups is 3. The summed E-state index contributed by atoms with van der Waals surface area (Å²) in [7, 11) is 2.69. The Labute approximate surface area is 275 Å². The Hall–Kier alpha value is -3.65. The van der Waals surface area contributed by atoms with Crippen molar-refractivity contribution in [3.8, 4) is 5.75 Å². The van der Waals surface area contributed by atoms with Crippen molar-refractivity contribution >= 4 is 33.8 Å². The first-order valence-corrected chi connectivity index (χ1v) is 14.0. The Morgan fingerprint density at radius 2 is 1.65 bits per heavy atom. The average Bonchev–Trinajstić information content (AvgIpc) is 3.16. The van der Waals surface area contributed by atoms with Crippen LogP contribution in [-0.2, 0) is 32.1 Å². The van der Waals surface area contributed by atoms with Crippen LogP contribution in [0, 0.1) is 5.82 Å². The van der Waals surface area contributed by atoms with Crippen LogP contribution in [0.15, 0.2) is 36.4 Å². The molecule has 2 amide bonds. The van der Waals surface area contributed by atoms with Gasteiger partial charge < -0.3 is 80.9 Å². The standard InChI is InChI=1S/C26H32B2FN3O17/c1-30-18(34)15(5-3-9-33)31-19(35)12-4-2-6-16(17(12)21(31,38)39)48-22(40,41)13-8-7-11(10-14(13)29)20(36,37)32-24(42,43)23(27,28)49-26(46,47)25(32,44)45/h2,4,6-10,15,36-47H,3,5,27-28H2,1H3,(H,30,34). The quantitative estimate of drug-likeness (QED) is 0.0622. The van der Waals surface area contributed by atoms with Crippen LogP contribution in [0.4, 0.5) is 4.39 Å². The lowest BCUT2D eigenvalue weighted by Gasteiger charge is -2.60. The molecule has 23 heteroatoms. The average molecular weight is 699 g/mol. The van der Waals surface area contributed by atoms with Crippen molar-refractivity contribution in [3.63, 3.8) is 0 Å². The number of ether oxygens (including phenoxy) is 2. The predicted octanol–water partition coefficient (Wildman–Crippen LogP) is -8.09. The van der Waals surface area contributed by atoms with Gasteiger partial charge >= 0.3 is 17.9 Å². The molecule has 266 valence electrons. The Kier molecular flexibility index (Phi) is 9.34. The maximum Gasteiger partial charge on any atom is 0.354 e. The molecule has 4 rings (SSSR count). The minimum absolute atomic E-state index is 0.0923. The van der Waals surface area contributed by atoms with E-state index in [2.05, 4.69) is 10.1 Å². The van der Waals surface area contributed by atoms with Crippen molar-refractivity contribution in [1.82, 2.24) is 15.1 Å². The van der Waals surface area contributed by atoms with Crippen LogP contribution in [-0.4, -0.2) is 141 Å². The van der Waals surface area contributed by atoms with Crippen LogP contribution in [0.1, 0.15) is 39.9 Å². The normalized spacial score (nSPS) is 21.5. The first-order chi connectivity index (χ1) is 22.2. The van der Waals surface area contributed by atoms with Gasteiger partial charge in [0.05, 0.1) is 22.1 Å². The van der Waals surface area contributed by atoms with Gasteiger partial charge in [0.1, 0.15) is 39.6 Å². The first-order valence-electron chi connectivity index (χ1n) is 14.0. The number of halogens is 1. The van der Waals surface area contributed by atoms with E-state index in [0.717, 1.165) is 33.9 Å². The summed E-state index contributed by atoms with van der Waals surface area (Å²) in [5.74, 6) is -28.5. The molecule has 2 aliphatic rings. The van der Waals surface area contributed by atoms with Crippen molar-refractivity contribution in [2.45, 2.75) is 59.9 Å². The molecule has 0 saturated carbocycles. The van der Waals surface area contributed by atoms with Crippen LogP contribution in [0.3, 0.4) is 0 Å². The fraction of sp³-hybridized carbons (Fsp3) is 0.423. The molecule has 0 bridgehead atoms. The topological polar surface area (TPSA) is 331 Å². The summed E-state index contributed by atoms with van der Waals surface area (Å²) < 4.78 is 25.1. The van der Waals surface area contributed by atoms with E-state index < -0.39 is 97.6 Å². The van der Waals surface area contributed by atoms with Gasteiger partial charge in [-0.15, -0.1) is 4.90 Å². The number of rotatable bonds is 10. The second-order valence-corrected chi connectivity index (χ2v) is 11.7. The van der Waals surface area contributed by atoms with E-state index in [4.69, 9.17) is 4.74 Å². The highest BCUT2D eigenvalue weighted by Crippen LogP contribution is 2.48. The molecular formula is C26H32B2FN3O17. The number of morpholine rings is 1. The van der Waals surface area contributed by atoms with Crippen molar-refractivity contribution in [3.05, 3.63) is 64.5 Å². The van der Waals surface area contributed by atoms with Gasteiger partial charge in [0, 0.05) is 19.0 Å². The fourth-order valence-electron chi connectivity index (χ4n) is 5.55. The SMILES string of the molecule is BC1(B)OC(O)(O)C(O)(O)N(C(O)(O)c2ccc(C(O)(O)Oc3cccc4c3C(O)(O)N(C(CCC=O)C(=O)NC)C4=O)c(F)c2)C1(O)O. The van der Waals surface area contributed by atoms with E-state index in [-0.39, 0.29) is 18.9 Å². The molecule has 0 aliphatic carbocycles. The van der Waals surface area contributed by atoms with Gasteiger partial charge in [-0.25, -0.2) is 4.39 Å². The Morgan fingerprint density at radius 1 is 1.04 bits per heavy atom. The van der Waals surface area contributed by atoms with Gasteiger partial charge in [-0.05, 0) is 30.7 Å². The molecule has 2 aliphatic heterocycles. The first kappa shape index (κ1) is 38.2. The summed E-state index contributed by atoms with van der Waals surface area (Å²) in [5, 5.41) is 127. The smallest absolute Gasteiger partial charge is 0.354 e. The Morgan fingerprint density at radius 3 is 2.20 bits per heavy atom. The molecule has 49 heavy (non-hydrogen) atoms. The number of likely N-dealkylation sites (N-methyl/N-ethyl adjacent to an activating group) is 1. The molecule has 1 saturated heterocycles. The lowest BCUT2D eigenvalue weighted by molar-refractivity contribution is -0.615. The number of nitrogens with one attached hydrogen (secondary N) is 1. The zero-order valence-electron chi connectivity index (χ0n) is 25.7. The van der Waals surface area contributed by atoms with E-state index in [1.807, 2.05) is 0 Å². The Bertz CT molecular complexity index is 1640. The third-order valence-corrected chi connectivity index (χ3v) is 8.10. The number of nitrogens with zero attached hydrogens (tertiary/aromatic N) is 2. The van der Waals surface area contributed by atoms with Crippen LogP contribution < -0.4 is 10.1 Å². The number of aliphatic hydroxyl groups is 12. The molecule has 0 radical (unpaired) electrons. The van der Waals surface area contributed by atoms with Gasteiger partial charge in [-0.1, -0.05) is 12.1 Å². The number of hydrogen-bond acceptors (Lipinski definition) is 18. The summed E-state index contributed by atoms with van der Waals surface area (Å²) in [4.78, 5) is 36.2. The van der Waals surface area contributed by atoms with Crippen molar-refractivity contribution < 1.29 is 89.5 Å². The highest BCUT2D eigenvalue weighted by atomic mass is 19.1. The number of fused-ring (bicyclic) bond motifs is 1. The van der Waals surface area contributed by atoms with Gasteiger partial charge in [0.2, 0.25) is 11.8 Å². The van der Waals surface area contributed by atoms with Crippen LogP contribution in [0.5, 0.6) is 5.75 Å². The third kappa shape index (κ3) is 5.88. The maximum absolute atomic E-state index is 15.5. The number of amides is 2. The van der Waals surface area contributed by atoms with Gasteiger partial charge in [-0.2, -0.15) is 0 Å². The van der Waals surface area contributed by atoms with Crippen molar-refractivity contribution in [2.24, 2.45) is 0 Å². The molecule has 2 aromatic carbocycles. The van der Waals surface area contributed by atoms with E-state index in [0.29, 0.717) is 23.3 Å². The van der Waals surface area contributed by atoms with Crippen molar-refractivity contribution in [2.75, 3.05) is 7.05 Å². The summed E-state index contributed by atoms with van der Waals surface area (Å²) >= 11 is 0. The van der Waals surface area contributed by atoms with Gasteiger partial charge in [-0.3, -0.25) is 14.5 Å². The largest absolute Gasteiger partial charge is 0.435 e. The molecule has 13 N–H and O–H groups in total. The van der Waals surface area contributed by atoms with E-state index >= 15 is 4.39 Å². The van der Waals surface area contributed by atoms with Crippen molar-refractivity contribution in [1.29, 1.82) is 0 Å². The van der Waals surface area contributed by atoms with E-state index in [1.165, 1.54) is 7.05 Å². The van der Waals surface area contributed by atoms with Crippen LogP contribution in [0.2, 0.25) is 0 Å².